The number of aromatic nitrogens is 2. The van der Waals surface area contributed by atoms with Gasteiger partial charge in [-0.25, -0.2) is 0 Å². The fourth-order valence-corrected chi connectivity index (χ4v) is 1.99. The number of hydrogen-bond donors (Lipinski definition) is 1. The fourth-order valence-electron chi connectivity index (χ4n) is 1.99. The van der Waals surface area contributed by atoms with Crippen LogP contribution in [0.3, 0.4) is 0 Å². The van der Waals surface area contributed by atoms with Gasteiger partial charge in [0.1, 0.15) is 0 Å². The maximum atomic E-state index is 4.35. The molecule has 0 spiro atoms. The Balaban J connectivity index is 2.33. The van der Waals surface area contributed by atoms with Crippen LogP contribution in [-0.4, -0.2) is 40.9 Å². The molecule has 1 rings (SSSR count). The molecular formula is C13H26N4. The van der Waals surface area contributed by atoms with E-state index in [-0.39, 0.29) is 0 Å². The normalized spacial score (nSPS) is 11.4. The molecule has 0 saturated heterocycles. The first-order valence-corrected chi connectivity index (χ1v) is 6.67. The highest BCUT2D eigenvalue weighted by Gasteiger charge is 2.05. The zero-order valence-corrected chi connectivity index (χ0v) is 11.7. The quantitative estimate of drug-likeness (QED) is 0.699. The van der Waals surface area contributed by atoms with E-state index in [1.165, 1.54) is 11.3 Å². The maximum absolute atomic E-state index is 4.35. The van der Waals surface area contributed by atoms with Gasteiger partial charge in [-0.2, -0.15) is 5.10 Å². The number of nitrogens with one attached hydrogen (secondary N) is 1. The molecule has 0 aliphatic heterocycles. The van der Waals surface area contributed by atoms with Gasteiger partial charge >= 0.3 is 0 Å². The van der Waals surface area contributed by atoms with Crippen molar-refractivity contribution in [1.29, 1.82) is 0 Å². The van der Waals surface area contributed by atoms with E-state index in [0.717, 1.165) is 39.3 Å². The number of aryl methyl sites for hydroxylation is 2. The highest BCUT2D eigenvalue weighted by molar-refractivity contribution is 5.15. The van der Waals surface area contributed by atoms with Gasteiger partial charge in [0.25, 0.3) is 0 Å². The first-order valence-electron chi connectivity index (χ1n) is 6.67. The molecule has 98 valence electrons. The van der Waals surface area contributed by atoms with E-state index in [9.17, 15) is 0 Å². The van der Waals surface area contributed by atoms with Gasteiger partial charge in [-0.1, -0.05) is 13.8 Å². The minimum absolute atomic E-state index is 0.918. The lowest BCUT2D eigenvalue weighted by molar-refractivity contribution is 0.301. The second-order valence-electron chi connectivity index (χ2n) is 4.29. The lowest BCUT2D eigenvalue weighted by atomic mass is 10.2. The highest BCUT2D eigenvalue weighted by atomic mass is 15.3. The van der Waals surface area contributed by atoms with Crippen LogP contribution in [0.2, 0.25) is 0 Å². The van der Waals surface area contributed by atoms with Gasteiger partial charge in [-0.3, -0.25) is 4.68 Å². The summed E-state index contributed by atoms with van der Waals surface area (Å²) in [5, 5.41) is 7.85. The largest absolute Gasteiger partial charge is 0.310 e. The standard InChI is InChI=1S/C13H26N4/c1-5-16(6-2)9-8-14-11-13-12(4)10-15-17(13)7-3/h10,14H,5-9,11H2,1-4H3. The average molecular weight is 238 g/mol. The second kappa shape index (κ2) is 7.45. The van der Waals surface area contributed by atoms with Gasteiger partial charge in [0.15, 0.2) is 0 Å². The smallest absolute Gasteiger partial charge is 0.0551 e. The molecule has 4 nitrogen and oxygen atoms in total. The molecule has 0 saturated carbocycles. The maximum Gasteiger partial charge on any atom is 0.0551 e. The van der Waals surface area contributed by atoms with Crippen LogP contribution in [-0.2, 0) is 13.1 Å². The van der Waals surface area contributed by atoms with Crippen molar-refractivity contribution >= 4 is 0 Å². The minimum Gasteiger partial charge on any atom is -0.310 e. The molecule has 0 radical (unpaired) electrons. The van der Waals surface area contributed by atoms with Crippen molar-refractivity contribution in [2.75, 3.05) is 26.2 Å². The van der Waals surface area contributed by atoms with Crippen LogP contribution >= 0.6 is 0 Å². The Bertz CT molecular complexity index is 315. The fraction of sp³-hybridized carbons (Fsp3) is 0.769. The van der Waals surface area contributed by atoms with Gasteiger partial charge in [-0.05, 0) is 32.5 Å². The first kappa shape index (κ1) is 14.2. The molecule has 0 unspecified atom stereocenters. The van der Waals surface area contributed by atoms with Gasteiger partial charge in [0.2, 0.25) is 0 Å². The number of hydrogen-bond acceptors (Lipinski definition) is 3. The first-order chi connectivity index (χ1) is 8.22. The van der Waals surface area contributed by atoms with E-state index in [4.69, 9.17) is 0 Å². The molecule has 0 bridgehead atoms. The highest BCUT2D eigenvalue weighted by Crippen LogP contribution is 2.06. The van der Waals surface area contributed by atoms with Gasteiger partial charge < -0.3 is 10.2 Å². The third-order valence-corrected chi connectivity index (χ3v) is 3.25. The Morgan fingerprint density at radius 1 is 1.29 bits per heavy atom. The molecule has 1 N–H and O–H groups in total. The van der Waals surface area contributed by atoms with Crippen LogP contribution in [0.4, 0.5) is 0 Å². The van der Waals surface area contributed by atoms with Crippen molar-refractivity contribution in [2.45, 2.75) is 40.8 Å². The topological polar surface area (TPSA) is 33.1 Å². The Labute approximate surface area is 105 Å². The van der Waals surface area contributed by atoms with Crippen LogP contribution in [0.1, 0.15) is 32.0 Å². The molecule has 0 fully saturated rings. The molecule has 1 heterocycles. The van der Waals surface area contributed by atoms with Crippen molar-refractivity contribution in [3.63, 3.8) is 0 Å². The summed E-state index contributed by atoms with van der Waals surface area (Å²) in [6, 6.07) is 0. The van der Waals surface area contributed by atoms with Crippen molar-refractivity contribution in [2.24, 2.45) is 0 Å². The van der Waals surface area contributed by atoms with Gasteiger partial charge in [-0.15, -0.1) is 0 Å². The molecule has 17 heavy (non-hydrogen) atoms. The van der Waals surface area contributed by atoms with E-state index in [2.05, 4.69) is 47.7 Å². The van der Waals surface area contributed by atoms with E-state index in [0.29, 0.717) is 0 Å². The van der Waals surface area contributed by atoms with Crippen LogP contribution in [0.5, 0.6) is 0 Å². The number of nitrogens with zero attached hydrogens (tertiary/aromatic N) is 3. The Morgan fingerprint density at radius 3 is 2.59 bits per heavy atom. The number of rotatable bonds is 8. The molecule has 4 heteroatoms. The third kappa shape index (κ3) is 4.13. The van der Waals surface area contributed by atoms with E-state index < -0.39 is 0 Å². The van der Waals surface area contributed by atoms with Crippen molar-refractivity contribution in [1.82, 2.24) is 20.0 Å². The summed E-state index contributed by atoms with van der Waals surface area (Å²) in [5.74, 6) is 0. The molecule has 0 aliphatic carbocycles. The van der Waals surface area contributed by atoms with Crippen LogP contribution in [0.25, 0.3) is 0 Å². The Kier molecular flexibility index (Phi) is 6.22. The lowest BCUT2D eigenvalue weighted by Gasteiger charge is -2.18. The summed E-state index contributed by atoms with van der Waals surface area (Å²) in [5.41, 5.74) is 2.59. The third-order valence-electron chi connectivity index (χ3n) is 3.25. The predicted molar refractivity (Wildman–Crippen MR) is 72.1 cm³/mol. The van der Waals surface area contributed by atoms with E-state index in [1.54, 1.807) is 0 Å². The van der Waals surface area contributed by atoms with Crippen LogP contribution in [0.15, 0.2) is 6.20 Å². The molecule has 0 aromatic carbocycles. The van der Waals surface area contributed by atoms with Crippen LogP contribution in [0, 0.1) is 6.92 Å². The summed E-state index contributed by atoms with van der Waals surface area (Å²) in [6.07, 6.45) is 1.95. The SMILES string of the molecule is CCN(CC)CCNCc1c(C)cnn1CC. The summed E-state index contributed by atoms with van der Waals surface area (Å²) in [6.45, 7) is 14.9. The van der Waals surface area contributed by atoms with Crippen molar-refractivity contribution in [3.05, 3.63) is 17.5 Å². The van der Waals surface area contributed by atoms with Crippen molar-refractivity contribution in [3.8, 4) is 0 Å². The monoisotopic (exact) mass is 238 g/mol. The molecular weight excluding hydrogens is 212 g/mol. The summed E-state index contributed by atoms with van der Waals surface area (Å²) < 4.78 is 2.07. The Hall–Kier alpha value is -0.870. The predicted octanol–water partition coefficient (Wildman–Crippen LogP) is 1.64. The van der Waals surface area contributed by atoms with Gasteiger partial charge in [0, 0.05) is 26.2 Å². The minimum atomic E-state index is 0.918. The summed E-state index contributed by atoms with van der Waals surface area (Å²) in [7, 11) is 0. The molecule has 1 aromatic heterocycles. The molecule has 0 atom stereocenters. The zero-order chi connectivity index (χ0) is 12.7. The van der Waals surface area contributed by atoms with E-state index in [1.807, 2.05) is 6.20 Å². The lowest BCUT2D eigenvalue weighted by Crippen LogP contribution is -2.32. The molecule has 0 amide bonds. The summed E-state index contributed by atoms with van der Waals surface area (Å²) >= 11 is 0. The van der Waals surface area contributed by atoms with Crippen LogP contribution < -0.4 is 5.32 Å². The summed E-state index contributed by atoms with van der Waals surface area (Å²) in [4.78, 5) is 2.43. The average Bonchev–Trinajstić information content (AvgIpc) is 2.70. The van der Waals surface area contributed by atoms with E-state index >= 15 is 0 Å². The second-order valence-corrected chi connectivity index (χ2v) is 4.29. The molecule has 1 aromatic rings. The number of likely N-dealkylation sites (N-methyl/N-ethyl adjacent to an activating group) is 1. The van der Waals surface area contributed by atoms with Crippen molar-refractivity contribution < 1.29 is 0 Å². The molecule has 0 aliphatic rings. The zero-order valence-electron chi connectivity index (χ0n) is 11.7. The van der Waals surface area contributed by atoms with Gasteiger partial charge in [0.05, 0.1) is 11.9 Å². The Morgan fingerprint density at radius 2 is 2.00 bits per heavy atom.